The van der Waals surface area contributed by atoms with Crippen LogP contribution >= 0.6 is 0 Å². The van der Waals surface area contributed by atoms with Crippen molar-refractivity contribution in [3.8, 4) is 5.75 Å². The van der Waals surface area contributed by atoms with E-state index in [4.69, 9.17) is 4.74 Å². The summed E-state index contributed by atoms with van der Waals surface area (Å²) in [5, 5.41) is 9.22. The van der Waals surface area contributed by atoms with Gasteiger partial charge in [0.15, 0.2) is 0 Å². The molecule has 1 N–H and O–H groups in total. The minimum atomic E-state index is -0.911. The number of carbonyl (C=O) groups is 1. The molecule has 2 aromatic rings. The first-order chi connectivity index (χ1) is 12.1. The van der Waals surface area contributed by atoms with Gasteiger partial charge in [-0.1, -0.05) is 18.2 Å². The Balaban J connectivity index is 1.71. The van der Waals surface area contributed by atoms with Crippen molar-refractivity contribution in [3.05, 3.63) is 59.7 Å². The van der Waals surface area contributed by atoms with E-state index >= 15 is 0 Å². The molecule has 0 saturated carbocycles. The van der Waals surface area contributed by atoms with Crippen LogP contribution in [-0.4, -0.2) is 48.8 Å². The Kier molecular flexibility index (Phi) is 5.24. The third-order valence-corrected chi connectivity index (χ3v) is 4.72. The van der Waals surface area contributed by atoms with Gasteiger partial charge in [0.05, 0.1) is 12.7 Å². The number of nitrogens with zero attached hydrogens (tertiary/aromatic N) is 2. The van der Waals surface area contributed by atoms with Crippen LogP contribution in [0.1, 0.15) is 22.8 Å². The predicted molar refractivity (Wildman–Crippen MR) is 98.5 cm³/mol. The summed E-state index contributed by atoms with van der Waals surface area (Å²) in [6.45, 7) is 5.72. The van der Waals surface area contributed by atoms with Crippen molar-refractivity contribution in [2.75, 3.05) is 31.6 Å². The average molecular weight is 340 g/mol. The lowest BCUT2D eigenvalue weighted by Crippen LogP contribution is -2.51. The molecule has 5 heteroatoms. The number of ether oxygens (including phenoxy) is 1. The highest BCUT2D eigenvalue weighted by molar-refractivity contribution is 5.88. The van der Waals surface area contributed by atoms with Gasteiger partial charge in [-0.3, -0.25) is 4.90 Å². The van der Waals surface area contributed by atoms with Crippen molar-refractivity contribution in [2.45, 2.75) is 19.5 Å². The van der Waals surface area contributed by atoms with Crippen LogP contribution in [-0.2, 0) is 6.54 Å². The van der Waals surface area contributed by atoms with Crippen molar-refractivity contribution in [1.82, 2.24) is 4.90 Å². The first-order valence-electron chi connectivity index (χ1n) is 8.52. The highest BCUT2D eigenvalue weighted by Crippen LogP contribution is 2.25. The number of methoxy groups -OCH3 is 1. The van der Waals surface area contributed by atoms with E-state index in [2.05, 4.69) is 41.0 Å². The lowest BCUT2D eigenvalue weighted by Gasteiger charge is -2.41. The van der Waals surface area contributed by atoms with Crippen LogP contribution in [0.15, 0.2) is 48.5 Å². The molecule has 25 heavy (non-hydrogen) atoms. The van der Waals surface area contributed by atoms with E-state index in [0.717, 1.165) is 30.9 Å². The molecule has 1 atom stereocenters. The number of benzene rings is 2. The Morgan fingerprint density at radius 3 is 2.60 bits per heavy atom. The average Bonchev–Trinajstić information content (AvgIpc) is 2.62. The van der Waals surface area contributed by atoms with Gasteiger partial charge in [0.2, 0.25) is 0 Å². The molecule has 0 aromatic heterocycles. The predicted octanol–water partition coefficient (Wildman–Crippen LogP) is 3.10. The largest absolute Gasteiger partial charge is 0.496 e. The number of anilines is 1. The van der Waals surface area contributed by atoms with Gasteiger partial charge in [0.25, 0.3) is 0 Å². The summed E-state index contributed by atoms with van der Waals surface area (Å²) in [4.78, 5) is 16.0. The summed E-state index contributed by atoms with van der Waals surface area (Å²) in [5.41, 5.74) is 2.47. The molecule has 0 bridgehead atoms. The SMILES string of the molecule is COc1ccc(C(=O)O)cc1CN1CCN(c2ccccc2)C(C)C1. The second-order valence-corrected chi connectivity index (χ2v) is 6.44. The molecular weight excluding hydrogens is 316 g/mol. The summed E-state index contributed by atoms with van der Waals surface area (Å²) in [5.74, 6) is -0.172. The van der Waals surface area contributed by atoms with Gasteiger partial charge < -0.3 is 14.7 Å². The number of carboxylic acid groups (broad SMARTS) is 1. The molecule has 0 amide bonds. The third-order valence-electron chi connectivity index (χ3n) is 4.72. The van der Waals surface area contributed by atoms with Crippen molar-refractivity contribution in [3.63, 3.8) is 0 Å². The molecule has 0 spiro atoms. The fourth-order valence-corrected chi connectivity index (χ4v) is 3.46. The van der Waals surface area contributed by atoms with E-state index in [9.17, 15) is 9.90 Å². The van der Waals surface area contributed by atoms with Crippen molar-refractivity contribution in [2.24, 2.45) is 0 Å². The summed E-state index contributed by atoms with van der Waals surface area (Å²) >= 11 is 0. The molecule has 3 rings (SSSR count). The number of aromatic carboxylic acids is 1. The standard InChI is InChI=1S/C20H24N2O3/c1-15-13-21(10-11-22(15)18-6-4-3-5-7-18)14-17-12-16(20(23)24)8-9-19(17)25-2/h3-9,12,15H,10-11,13-14H2,1-2H3,(H,23,24). The van der Waals surface area contributed by atoms with Crippen LogP contribution in [0, 0.1) is 0 Å². The van der Waals surface area contributed by atoms with Gasteiger partial charge in [-0.05, 0) is 37.3 Å². The molecule has 0 aliphatic carbocycles. The molecule has 1 heterocycles. The topological polar surface area (TPSA) is 53.0 Å². The molecule has 5 nitrogen and oxygen atoms in total. The van der Waals surface area contributed by atoms with Crippen molar-refractivity contribution in [1.29, 1.82) is 0 Å². The van der Waals surface area contributed by atoms with E-state index in [1.165, 1.54) is 5.69 Å². The Morgan fingerprint density at radius 2 is 1.96 bits per heavy atom. The molecule has 132 valence electrons. The van der Waals surface area contributed by atoms with Gasteiger partial charge >= 0.3 is 5.97 Å². The number of carboxylic acids is 1. The highest BCUT2D eigenvalue weighted by Gasteiger charge is 2.24. The van der Waals surface area contributed by atoms with E-state index in [-0.39, 0.29) is 0 Å². The van der Waals surface area contributed by atoms with Crippen LogP contribution in [0.5, 0.6) is 5.75 Å². The fourth-order valence-electron chi connectivity index (χ4n) is 3.46. The number of piperazine rings is 1. The molecule has 1 fully saturated rings. The Morgan fingerprint density at radius 1 is 1.20 bits per heavy atom. The summed E-state index contributed by atoms with van der Waals surface area (Å²) in [7, 11) is 1.62. The summed E-state index contributed by atoms with van der Waals surface area (Å²) in [6, 6.07) is 15.9. The Bertz CT molecular complexity index is 733. The molecule has 1 aliphatic rings. The zero-order valence-electron chi connectivity index (χ0n) is 14.7. The van der Waals surface area contributed by atoms with Gasteiger partial charge in [0.1, 0.15) is 5.75 Å². The minimum Gasteiger partial charge on any atom is -0.496 e. The van der Waals surface area contributed by atoms with Gasteiger partial charge in [-0.25, -0.2) is 4.79 Å². The van der Waals surface area contributed by atoms with Crippen LogP contribution in [0.4, 0.5) is 5.69 Å². The van der Waals surface area contributed by atoms with E-state index in [1.54, 1.807) is 25.3 Å². The molecule has 1 saturated heterocycles. The lowest BCUT2D eigenvalue weighted by atomic mass is 10.1. The summed E-state index contributed by atoms with van der Waals surface area (Å²) < 4.78 is 5.41. The lowest BCUT2D eigenvalue weighted by molar-refractivity contribution is 0.0696. The maximum Gasteiger partial charge on any atom is 0.335 e. The Labute approximate surface area is 148 Å². The normalized spacial score (nSPS) is 18.2. The van der Waals surface area contributed by atoms with Crippen LogP contribution in [0.3, 0.4) is 0 Å². The zero-order valence-corrected chi connectivity index (χ0v) is 14.7. The van der Waals surface area contributed by atoms with E-state index in [0.29, 0.717) is 18.2 Å². The van der Waals surface area contributed by atoms with Crippen molar-refractivity contribution >= 4 is 11.7 Å². The van der Waals surface area contributed by atoms with Crippen LogP contribution in [0.25, 0.3) is 0 Å². The fraction of sp³-hybridized carbons (Fsp3) is 0.350. The molecule has 2 aromatic carbocycles. The molecule has 0 radical (unpaired) electrons. The van der Waals surface area contributed by atoms with Crippen LogP contribution in [0.2, 0.25) is 0 Å². The minimum absolute atomic E-state index is 0.298. The smallest absolute Gasteiger partial charge is 0.335 e. The molecule has 1 unspecified atom stereocenters. The maximum absolute atomic E-state index is 11.2. The van der Waals surface area contributed by atoms with Crippen molar-refractivity contribution < 1.29 is 14.6 Å². The Hall–Kier alpha value is -2.53. The number of hydrogen-bond acceptors (Lipinski definition) is 4. The monoisotopic (exact) mass is 340 g/mol. The van der Waals surface area contributed by atoms with Gasteiger partial charge in [-0.15, -0.1) is 0 Å². The third kappa shape index (κ3) is 3.94. The quantitative estimate of drug-likeness (QED) is 0.906. The summed E-state index contributed by atoms with van der Waals surface area (Å²) in [6.07, 6.45) is 0. The first kappa shape index (κ1) is 17.3. The number of para-hydroxylation sites is 1. The second-order valence-electron chi connectivity index (χ2n) is 6.44. The second kappa shape index (κ2) is 7.57. The first-order valence-corrected chi connectivity index (χ1v) is 8.52. The number of rotatable bonds is 5. The van der Waals surface area contributed by atoms with Gasteiger partial charge in [-0.2, -0.15) is 0 Å². The van der Waals surface area contributed by atoms with Gasteiger partial charge in [0, 0.05) is 43.5 Å². The van der Waals surface area contributed by atoms with E-state index in [1.807, 2.05) is 6.07 Å². The van der Waals surface area contributed by atoms with E-state index < -0.39 is 5.97 Å². The number of hydrogen-bond donors (Lipinski definition) is 1. The molecule has 1 aliphatic heterocycles. The zero-order chi connectivity index (χ0) is 17.8. The highest BCUT2D eigenvalue weighted by atomic mass is 16.5. The van der Waals surface area contributed by atoms with Crippen LogP contribution < -0.4 is 9.64 Å². The maximum atomic E-state index is 11.2. The molecular formula is C20H24N2O3.